The van der Waals surface area contributed by atoms with Gasteiger partial charge in [0.25, 0.3) is 0 Å². The van der Waals surface area contributed by atoms with Crippen molar-refractivity contribution in [2.24, 2.45) is 0 Å². The Labute approximate surface area is 353 Å². The molecule has 60 heavy (non-hydrogen) atoms. The summed E-state index contributed by atoms with van der Waals surface area (Å²) in [6.45, 7) is 0. The third-order valence-electron chi connectivity index (χ3n) is 11.9. The largest absolute Gasteiger partial charge is 0.455 e. The van der Waals surface area contributed by atoms with Crippen LogP contribution >= 0.6 is 0 Å². The predicted molar refractivity (Wildman–Crippen MR) is 255 cm³/mol. The normalized spacial score (nSPS) is 12.6. The minimum Gasteiger partial charge on any atom is -0.455 e. The quantitative estimate of drug-likeness (QED) is 0.157. The second-order valence-electron chi connectivity index (χ2n) is 15.3. The molecule has 0 aliphatic heterocycles. The zero-order chi connectivity index (χ0) is 43.1. The SMILES string of the molecule is [2H]c1c([2H])c(N(c2ccc(-c3cccc4c3oc3c(-c5ccccc5)cccc34)cc2)c2cc3ccccc3c3ccccc23)c([2H])c([2H])c1-c1ccc2ccc3ccccc3c2c1. The highest BCUT2D eigenvalue weighted by atomic mass is 16.3. The second kappa shape index (κ2) is 13.9. The van der Waals surface area contributed by atoms with E-state index >= 15 is 0 Å². The van der Waals surface area contributed by atoms with Gasteiger partial charge in [0.05, 0.1) is 11.2 Å². The fraction of sp³-hybridized carbons (Fsp3) is 0. The van der Waals surface area contributed by atoms with Crippen molar-refractivity contribution in [3.8, 4) is 33.4 Å². The molecule has 0 spiro atoms. The summed E-state index contributed by atoms with van der Waals surface area (Å²) < 4.78 is 45.5. The Morgan fingerprint density at radius 3 is 1.53 bits per heavy atom. The molecular formula is C58H37NO. The first-order chi connectivity index (χ1) is 31.4. The van der Waals surface area contributed by atoms with Gasteiger partial charge in [-0.2, -0.15) is 0 Å². The molecule has 1 heterocycles. The molecule has 0 unspecified atom stereocenters. The summed E-state index contributed by atoms with van der Waals surface area (Å²) in [6.07, 6.45) is 0. The van der Waals surface area contributed by atoms with Gasteiger partial charge in [0.1, 0.15) is 11.2 Å². The van der Waals surface area contributed by atoms with Crippen LogP contribution in [0.2, 0.25) is 0 Å². The van der Waals surface area contributed by atoms with E-state index < -0.39 is 0 Å². The van der Waals surface area contributed by atoms with Crippen LogP contribution in [-0.2, 0) is 0 Å². The highest BCUT2D eigenvalue weighted by Gasteiger charge is 2.20. The molecule has 0 amide bonds. The first-order valence-electron chi connectivity index (χ1n) is 22.3. The lowest BCUT2D eigenvalue weighted by Gasteiger charge is -2.28. The molecule has 0 aliphatic rings. The van der Waals surface area contributed by atoms with Gasteiger partial charge < -0.3 is 9.32 Å². The minimum atomic E-state index is -0.128. The standard InChI is InChI=1S/C58H37NO/c1-2-12-39(13-3-1)49-20-10-22-53-54-23-11-21-50(58(54)60-57(49)53)41-30-34-46(35-31-41)59(56-37-44-15-5-7-17-48(44)51-18-8-9-19-52(51)56)45-32-28-38(29-33-45)43-27-26-42-25-24-40-14-4-6-16-47(40)55(42)36-43/h1-37H/i28D,29D,32D,33D. The fourth-order valence-electron chi connectivity index (χ4n) is 9.01. The van der Waals surface area contributed by atoms with Crippen molar-refractivity contribution in [1.29, 1.82) is 0 Å². The molecule has 0 N–H and O–H groups in total. The van der Waals surface area contributed by atoms with Crippen LogP contribution < -0.4 is 4.90 Å². The highest BCUT2D eigenvalue weighted by molar-refractivity contribution is 6.15. The maximum atomic E-state index is 9.77. The maximum absolute atomic E-state index is 9.77. The fourth-order valence-corrected chi connectivity index (χ4v) is 9.01. The number of hydrogen-bond acceptors (Lipinski definition) is 2. The van der Waals surface area contributed by atoms with E-state index in [1.54, 1.807) is 0 Å². The van der Waals surface area contributed by atoms with Crippen LogP contribution in [-0.4, -0.2) is 0 Å². The molecule has 12 rings (SSSR count). The monoisotopic (exact) mass is 767 g/mol. The lowest BCUT2D eigenvalue weighted by molar-refractivity contribution is 0.671. The molecule has 0 saturated carbocycles. The van der Waals surface area contributed by atoms with Crippen molar-refractivity contribution in [3.63, 3.8) is 0 Å². The molecule has 12 aromatic rings. The Morgan fingerprint density at radius 1 is 0.317 bits per heavy atom. The van der Waals surface area contributed by atoms with Gasteiger partial charge in [-0.3, -0.25) is 0 Å². The van der Waals surface area contributed by atoms with Gasteiger partial charge in [-0.25, -0.2) is 0 Å². The summed E-state index contributed by atoms with van der Waals surface area (Å²) in [6, 6.07) is 67.2. The van der Waals surface area contributed by atoms with Crippen LogP contribution in [0.15, 0.2) is 229 Å². The Hall–Kier alpha value is -7.94. The van der Waals surface area contributed by atoms with Crippen molar-refractivity contribution in [2.75, 3.05) is 4.90 Å². The molecule has 0 bridgehead atoms. The van der Waals surface area contributed by atoms with Gasteiger partial charge in [0, 0.05) is 38.7 Å². The van der Waals surface area contributed by atoms with E-state index in [1.807, 2.05) is 89.8 Å². The molecule has 0 saturated heterocycles. The Morgan fingerprint density at radius 2 is 0.833 bits per heavy atom. The van der Waals surface area contributed by atoms with Gasteiger partial charge in [0.15, 0.2) is 0 Å². The van der Waals surface area contributed by atoms with Crippen LogP contribution in [0.25, 0.3) is 98.4 Å². The summed E-state index contributed by atoms with van der Waals surface area (Å²) in [7, 11) is 0. The lowest BCUT2D eigenvalue weighted by atomic mass is 9.96. The van der Waals surface area contributed by atoms with E-state index in [1.165, 1.54) is 0 Å². The number of furan rings is 1. The van der Waals surface area contributed by atoms with Crippen molar-refractivity contribution in [1.82, 2.24) is 0 Å². The summed E-state index contributed by atoms with van der Waals surface area (Å²) in [5.74, 6) is 0. The minimum absolute atomic E-state index is 0.103. The van der Waals surface area contributed by atoms with Gasteiger partial charge >= 0.3 is 0 Å². The first kappa shape index (κ1) is 30.2. The van der Waals surface area contributed by atoms with E-state index in [-0.39, 0.29) is 35.4 Å². The Balaban J connectivity index is 1.05. The van der Waals surface area contributed by atoms with Gasteiger partial charge in [-0.05, 0) is 96.3 Å². The van der Waals surface area contributed by atoms with Crippen molar-refractivity contribution in [2.45, 2.75) is 0 Å². The van der Waals surface area contributed by atoms with Crippen molar-refractivity contribution in [3.05, 3.63) is 224 Å². The number of fused-ring (bicyclic) bond motifs is 9. The van der Waals surface area contributed by atoms with Crippen LogP contribution in [0.4, 0.5) is 17.1 Å². The number of nitrogens with zero attached hydrogens (tertiary/aromatic N) is 1. The molecule has 0 atom stereocenters. The average molecular weight is 768 g/mol. The number of rotatable bonds is 6. The summed E-state index contributed by atoms with van der Waals surface area (Å²) in [5, 5.41) is 10.3. The van der Waals surface area contributed by atoms with Gasteiger partial charge in [0.2, 0.25) is 0 Å². The number of benzene rings is 11. The average Bonchev–Trinajstić information content (AvgIpc) is 3.74. The van der Waals surface area contributed by atoms with Crippen molar-refractivity contribution >= 4 is 82.1 Å². The van der Waals surface area contributed by atoms with Gasteiger partial charge in [-0.1, -0.05) is 188 Å². The van der Waals surface area contributed by atoms with Crippen molar-refractivity contribution < 1.29 is 9.90 Å². The predicted octanol–water partition coefficient (Wildman–Crippen LogP) is 16.7. The van der Waals surface area contributed by atoms with Crippen LogP contribution in [0.3, 0.4) is 0 Å². The number of para-hydroxylation sites is 2. The molecule has 1 aromatic heterocycles. The molecule has 2 heteroatoms. The third-order valence-corrected chi connectivity index (χ3v) is 11.9. The van der Waals surface area contributed by atoms with E-state index in [4.69, 9.17) is 4.42 Å². The molecule has 0 fully saturated rings. The van der Waals surface area contributed by atoms with E-state index in [9.17, 15) is 5.48 Å². The molecule has 280 valence electrons. The zero-order valence-electron chi connectivity index (χ0n) is 36.4. The molecule has 0 aliphatic carbocycles. The Kier molecular flexibility index (Phi) is 6.98. The van der Waals surface area contributed by atoms with Crippen LogP contribution in [0, 0.1) is 0 Å². The zero-order valence-corrected chi connectivity index (χ0v) is 32.4. The molecule has 2 nitrogen and oxygen atoms in total. The molecular weight excluding hydrogens is 727 g/mol. The van der Waals surface area contributed by atoms with E-state index in [0.717, 1.165) is 93.0 Å². The van der Waals surface area contributed by atoms with E-state index in [0.29, 0.717) is 11.3 Å². The smallest absolute Gasteiger partial charge is 0.143 e. The summed E-state index contributed by atoms with van der Waals surface area (Å²) in [4.78, 5) is 1.91. The first-order valence-corrected chi connectivity index (χ1v) is 20.3. The molecule has 0 radical (unpaired) electrons. The maximum Gasteiger partial charge on any atom is 0.143 e. The van der Waals surface area contributed by atoms with Gasteiger partial charge in [-0.15, -0.1) is 0 Å². The Bertz CT molecular complexity index is 3810. The summed E-state index contributed by atoms with van der Waals surface area (Å²) >= 11 is 0. The third kappa shape index (κ3) is 5.57. The topological polar surface area (TPSA) is 16.4 Å². The van der Waals surface area contributed by atoms with Crippen LogP contribution in [0.1, 0.15) is 5.48 Å². The lowest BCUT2D eigenvalue weighted by Crippen LogP contribution is -2.10. The number of anilines is 3. The molecule has 11 aromatic carbocycles. The summed E-state index contributed by atoms with van der Waals surface area (Å²) in [5.41, 5.74) is 8.16. The second-order valence-corrected chi connectivity index (χ2v) is 15.3. The number of hydrogen-bond donors (Lipinski definition) is 0. The van der Waals surface area contributed by atoms with E-state index in [2.05, 4.69) is 115 Å². The van der Waals surface area contributed by atoms with Crippen LogP contribution in [0.5, 0.6) is 0 Å². The highest BCUT2D eigenvalue weighted by Crippen LogP contribution is 2.44.